The average Bonchev–Trinajstić information content (AvgIpc) is 2.25. The molecule has 62 valence electrons. The molecular weight excluding hydrogens is 144 g/mol. The Labute approximate surface area is 65.3 Å². The number of hydrazine groups is 1. The van der Waals surface area contributed by atoms with Gasteiger partial charge >= 0.3 is 0 Å². The van der Waals surface area contributed by atoms with Gasteiger partial charge in [-0.3, -0.25) is 0 Å². The van der Waals surface area contributed by atoms with Crippen molar-refractivity contribution in [3.8, 4) is 0 Å². The molecule has 0 spiro atoms. The Bertz CT molecular complexity index is 183. The maximum Gasteiger partial charge on any atom is 0.258 e. The number of hydrogen-bond donors (Lipinski definition) is 0. The molecule has 11 heavy (non-hydrogen) atoms. The van der Waals surface area contributed by atoms with Crippen LogP contribution < -0.4 is 0 Å². The predicted molar refractivity (Wildman–Crippen MR) is 39.5 cm³/mol. The molecule has 0 radical (unpaired) electrons. The van der Waals surface area contributed by atoms with Crippen LogP contribution in [0.2, 0.25) is 0 Å². The Morgan fingerprint density at radius 2 is 2.00 bits per heavy atom. The Morgan fingerprint density at radius 1 is 1.27 bits per heavy atom. The minimum atomic E-state index is 0.00926. The lowest BCUT2D eigenvalue weighted by Gasteiger charge is -2.40. The van der Waals surface area contributed by atoms with Gasteiger partial charge in [0, 0.05) is 6.42 Å². The van der Waals surface area contributed by atoms with E-state index in [1.54, 1.807) is 0 Å². The molecule has 1 heterocycles. The summed E-state index contributed by atoms with van der Waals surface area (Å²) in [6.45, 7) is 0. The zero-order chi connectivity index (χ0) is 7.84. The lowest BCUT2D eigenvalue weighted by Crippen LogP contribution is -2.62. The Balaban J connectivity index is 2.05. The largest absolute Gasteiger partial charge is 0.704 e. The van der Waals surface area contributed by atoms with Crippen molar-refractivity contribution in [2.75, 3.05) is 0 Å². The van der Waals surface area contributed by atoms with Gasteiger partial charge in [-0.05, 0) is 12.8 Å². The molecule has 0 aromatic heterocycles. The molecule has 2 rings (SSSR count). The highest BCUT2D eigenvalue weighted by molar-refractivity contribution is 4.84. The summed E-state index contributed by atoms with van der Waals surface area (Å²) in [5, 5.41) is 11.5. The Morgan fingerprint density at radius 3 is 2.82 bits per heavy atom. The summed E-state index contributed by atoms with van der Waals surface area (Å²) >= 11 is 0. The summed E-state index contributed by atoms with van der Waals surface area (Å²) in [5.74, 6) is 0. The third kappa shape index (κ3) is 0.929. The van der Waals surface area contributed by atoms with Crippen molar-refractivity contribution in [1.82, 2.24) is 5.17 Å². The number of nitrogens with zero attached hydrogens (tertiary/aromatic N) is 2. The zero-order valence-corrected chi connectivity index (χ0v) is 6.40. The first kappa shape index (κ1) is 7.03. The highest BCUT2D eigenvalue weighted by Crippen LogP contribution is 2.31. The highest BCUT2D eigenvalue weighted by Gasteiger charge is 2.51. The van der Waals surface area contributed by atoms with Gasteiger partial charge in [0.25, 0.3) is 6.04 Å². The number of fused-ring (bicyclic) bond motifs is 1. The number of hydrogen-bond acceptors (Lipinski definition) is 2. The van der Waals surface area contributed by atoms with Crippen molar-refractivity contribution in [3.05, 3.63) is 10.1 Å². The lowest BCUT2D eigenvalue weighted by molar-refractivity contribution is -0.802. The molecule has 0 N–H and O–H groups in total. The number of rotatable bonds is 0. The molecular formula is C7H12N2O2. The highest BCUT2D eigenvalue weighted by atomic mass is 16.6. The maximum absolute atomic E-state index is 10.9. The van der Waals surface area contributed by atoms with Crippen LogP contribution in [0.15, 0.2) is 0 Å². The molecule has 1 aliphatic heterocycles. The first-order valence-corrected chi connectivity index (χ1v) is 4.23. The van der Waals surface area contributed by atoms with E-state index in [9.17, 15) is 10.1 Å². The van der Waals surface area contributed by atoms with Gasteiger partial charge < -0.3 is 5.21 Å². The van der Waals surface area contributed by atoms with E-state index in [-0.39, 0.29) is 12.1 Å². The van der Waals surface area contributed by atoms with E-state index < -0.39 is 0 Å². The van der Waals surface area contributed by atoms with Crippen molar-refractivity contribution >= 4 is 0 Å². The van der Waals surface area contributed by atoms with Gasteiger partial charge in [0.15, 0.2) is 0 Å². The second-order valence-corrected chi connectivity index (χ2v) is 3.38. The molecule has 4 heteroatoms. The number of nitroso groups, excluding NO2 is 1. The van der Waals surface area contributed by atoms with Crippen LogP contribution >= 0.6 is 0 Å². The topological polar surface area (TPSA) is 46.4 Å². The van der Waals surface area contributed by atoms with E-state index in [1.807, 2.05) is 0 Å². The minimum Gasteiger partial charge on any atom is -0.704 e. The van der Waals surface area contributed by atoms with E-state index in [4.69, 9.17) is 0 Å². The SMILES string of the molecule is O=[N+]1[C@@H]2CCCCC[C@H]2N1[O-]. The maximum atomic E-state index is 10.9. The summed E-state index contributed by atoms with van der Waals surface area (Å²) < 4.78 is 0. The fourth-order valence-corrected chi connectivity index (χ4v) is 2.01. The van der Waals surface area contributed by atoms with Crippen LogP contribution in [0.25, 0.3) is 0 Å². The molecule has 2 atom stereocenters. The van der Waals surface area contributed by atoms with Gasteiger partial charge in [-0.1, -0.05) is 12.8 Å². The monoisotopic (exact) mass is 156 g/mol. The molecule has 2 fully saturated rings. The fraction of sp³-hybridized carbons (Fsp3) is 1.00. The van der Waals surface area contributed by atoms with E-state index in [1.165, 1.54) is 6.42 Å². The Hall–Kier alpha value is -0.640. The van der Waals surface area contributed by atoms with E-state index in [0.717, 1.165) is 25.7 Å². The van der Waals surface area contributed by atoms with Crippen molar-refractivity contribution in [2.24, 2.45) is 0 Å². The standard InChI is InChI=1S/C7H12N2O2/c10-8-6-4-2-1-3-5-7(6)9(8)11/h6-7H,1-5H2/t6-,7-/m1/s1. The van der Waals surface area contributed by atoms with Gasteiger partial charge in [0.05, 0.1) is 4.91 Å². The van der Waals surface area contributed by atoms with Gasteiger partial charge in [0.2, 0.25) is 0 Å². The van der Waals surface area contributed by atoms with Crippen LogP contribution in [0.3, 0.4) is 0 Å². The van der Waals surface area contributed by atoms with Crippen molar-refractivity contribution < 1.29 is 4.87 Å². The molecule has 4 nitrogen and oxygen atoms in total. The molecule has 1 saturated heterocycles. The van der Waals surface area contributed by atoms with Gasteiger partial charge in [-0.25, -0.2) is 0 Å². The molecule has 0 aromatic rings. The second kappa shape index (κ2) is 2.44. The first-order chi connectivity index (χ1) is 5.30. The summed E-state index contributed by atoms with van der Waals surface area (Å²) in [6.07, 6.45) is 5.20. The smallest absolute Gasteiger partial charge is 0.258 e. The zero-order valence-electron chi connectivity index (χ0n) is 6.40. The molecule has 0 unspecified atom stereocenters. The molecule has 0 bridgehead atoms. The van der Waals surface area contributed by atoms with Crippen LogP contribution in [0.4, 0.5) is 0 Å². The van der Waals surface area contributed by atoms with Gasteiger partial charge in [0.1, 0.15) is 10.9 Å². The van der Waals surface area contributed by atoms with E-state index in [0.29, 0.717) is 10.0 Å². The van der Waals surface area contributed by atoms with Crippen molar-refractivity contribution in [2.45, 2.75) is 44.2 Å². The average molecular weight is 156 g/mol. The molecule has 0 aromatic carbocycles. The summed E-state index contributed by atoms with van der Waals surface area (Å²) in [5.41, 5.74) is 0. The summed E-state index contributed by atoms with van der Waals surface area (Å²) in [6, 6.07) is 0.0185. The summed E-state index contributed by atoms with van der Waals surface area (Å²) in [4.78, 5) is 11.5. The third-order valence-electron chi connectivity index (χ3n) is 2.71. The molecule has 2 aliphatic rings. The molecule has 1 saturated carbocycles. The van der Waals surface area contributed by atoms with Crippen LogP contribution in [0.5, 0.6) is 0 Å². The predicted octanol–water partition coefficient (Wildman–Crippen LogP) is 1.20. The first-order valence-electron chi connectivity index (χ1n) is 4.23. The lowest BCUT2D eigenvalue weighted by atomic mass is 10.0. The normalized spacial score (nSPS) is 37.5. The second-order valence-electron chi connectivity index (χ2n) is 3.38. The number of hydroxylamine groups is 1. The van der Waals surface area contributed by atoms with Crippen molar-refractivity contribution in [1.29, 1.82) is 0 Å². The van der Waals surface area contributed by atoms with Crippen LogP contribution in [-0.4, -0.2) is 22.1 Å². The van der Waals surface area contributed by atoms with Crippen LogP contribution in [0.1, 0.15) is 32.1 Å². The van der Waals surface area contributed by atoms with Crippen LogP contribution in [0, 0.1) is 10.1 Å². The van der Waals surface area contributed by atoms with E-state index in [2.05, 4.69) is 0 Å². The quantitative estimate of drug-likeness (QED) is 0.495. The third-order valence-corrected chi connectivity index (χ3v) is 2.71. The minimum absolute atomic E-state index is 0.00926. The van der Waals surface area contributed by atoms with Crippen molar-refractivity contribution in [3.63, 3.8) is 0 Å². The molecule has 1 aliphatic carbocycles. The van der Waals surface area contributed by atoms with Gasteiger partial charge in [-0.2, -0.15) is 5.17 Å². The van der Waals surface area contributed by atoms with Gasteiger partial charge in [-0.15, -0.1) is 0 Å². The van der Waals surface area contributed by atoms with E-state index >= 15 is 0 Å². The summed E-state index contributed by atoms with van der Waals surface area (Å²) in [7, 11) is 0. The van der Waals surface area contributed by atoms with Crippen LogP contribution in [-0.2, 0) is 0 Å². The Kier molecular flexibility index (Phi) is 1.56. The molecule has 0 amide bonds. The fourth-order valence-electron chi connectivity index (χ4n) is 2.01.